The average molecular weight is 366 g/mol. The van der Waals surface area contributed by atoms with Crippen molar-refractivity contribution in [1.82, 2.24) is 5.32 Å². The SMILES string of the molecule is COc1ccc(C=C2C(=O)NC(=O)N(c3ccc(C)cc3)C2=O)cc1OC. The van der Waals surface area contributed by atoms with Crippen molar-refractivity contribution in [2.24, 2.45) is 0 Å². The van der Waals surface area contributed by atoms with Crippen molar-refractivity contribution in [1.29, 1.82) is 0 Å². The number of amides is 4. The Morgan fingerprint density at radius 2 is 1.59 bits per heavy atom. The molecule has 0 aromatic heterocycles. The summed E-state index contributed by atoms with van der Waals surface area (Å²) in [6.07, 6.45) is 1.41. The molecule has 3 rings (SSSR count). The molecule has 1 saturated heterocycles. The molecule has 2 aromatic rings. The summed E-state index contributed by atoms with van der Waals surface area (Å²) < 4.78 is 10.4. The Balaban J connectivity index is 2.00. The Labute approximate surface area is 156 Å². The zero-order valence-electron chi connectivity index (χ0n) is 15.1. The molecule has 0 radical (unpaired) electrons. The van der Waals surface area contributed by atoms with Gasteiger partial charge in [-0.2, -0.15) is 0 Å². The van der Waals surface area contributed by atoms with E-state index in [0.717, 1.165) is 10.5 Å². The molecule has 7 heteroatoms. The second kappa shape index (κ2) is 7.33. The van der Waals surface area contributed by atoms with Crippen molar-refractivity contribution >= 4 is 29.6 Å². The lowest BCUT2D eigenvalue weighted by atomic mass is 10.1. The molecule has 4 amide bonds. The van der Waals surface area contributed by atoms with Gasteiger partial charge in [0.05, 0.1) is 19.9 Å². The van der Waals surface area contributed by atoms with Crippen LogP contribution in [0.2, 0.25) is 0 Å². The summed E-state index contributed by atoms with van der Waals surface area (Å²) in [4.78, 5) is 38.2. The summed E-state index contributed by atoms with van der Waals surface area (Å²) >= 11 is 0. The number of methoxy groups -OCH3 is 2. The Hall–Kier alpha value is -3.61. The number of hydrogen-bond acceptors (Lipinski definition) is 5. The molecule has 1 aliphatic heterocycles. The Kier molecular flexibility index (Phi) is 4.94. The molecule has 0 unspecified atom stereocenters. The molecule has 0 bridgehead atoms. The van der Waals surface area contributed by atoms with Crippen LogP contribution in [-0.4, -0.2) is 32.1 Å². The van der Waals surface area contributed by atoms with Gasteiger partial charge in [0.15, 0.2) is 11.5 Å². The summed E-state index contributed by atoms with van der Waals surface area (Å²) in [7, 11) is 3.00. The predicted octanol–water partition coefficient (Wildman–Crippen LogP) is 2.68. The minimum Gasteiger partial charge on any atom is -0.493 e. The minimum atomic E-state index is -0.779. The molecular weight excluding hydrogens is 348 g/mol. The van der Waals surface area contributed by atoms with E-state index in [0.29, 0.717) is 22.7 Å². The van der Waals surface area contributed by atoms with Crippen LogP contribution < -0.4 is 19.7 Å². The molecule has 2 aromatic carbocycles. The summed E-state index contributed by atoms with van der Waals surface area (Å²) in [5, 5.41) is 2.20. The van der Waals surface area contributed by atoms with Gasteiger partial charge in [0.1, 0.15) is 5.57 Å². The van der Waals surface area contributed by atoms with Crippen molar-refractivity contribution in [3.63, 3.8) is 0 Å². The van der Waals surface area contributed by atoms with E-state index in [9.17, 15) is 14.4 Å². The van der Waals surface area contributed by atoms with Gasteiger partial charge in [-0.25, -0.2) is 9.69 Å². The van der Waals surface area contributed by atoms with Gasteiger partial charge in [-0.1, -0.05) is 23.8 Å². The highest BCUT2D eigenvalue weighted by Crippen LogP contribution is 2.29. The number of carbonyl (C=O) groups excluding carboxylic acids is 3. The number of barbiturate groups is 1. The monoisotopic (exact) mass is 366 g/mol. The number of rotatable bonds is 4. The van der Waals surface area contributed by atoms with Gasteiger partial charge in [-0.3, -0.25) is 14.9 Å². The fourth-order valence-electron chi connectivity index (χ4n) is 2.70. The molecule has 138 valence electrons. The standard InChI is InChI=1S/C20H18N2O5/c1-12-4-7-14(8-5-12)22-19(24)15(18(23)21-20(22)25)10-13-6-9-16(26-2)17(11-13)27-3/h4-11H,1-3H3,(H,21,23,25). The summed E-state index contributed by atoms with van der Waals surface area (Å²) in [6, 6.07) is 11.1. The van der Waals surface area contributed by atoms with Gasteiger partial charge in [0.2, 0.25) is 0 Å². The Morgan fingerprint density at radius 1 is 0.926 bits per heavy atom. The maximum atomic E-state index is 12.8. The lowest BCUT2D eigenvalue weighted by Crippen LogP contribution is -2.54. The van der Waals surface area contributed by atoms with Crippen LogP contribution in [0.3, 0.4) is 0 Å². The van der Waals surface area contributed by atoms with Crippen LogP contribution in [0.5, 0.6) is 11.5 Å². The number of anilines is 1. The van der Waals surface area contributed by atoms with Gasteiger partial charge < -0.3 is 9.47 Å². The largest absolute Gasteiger partial charge is 0.493 e. The third kappa shape index (κ3) is 3.52. The topological polar surface area (TPSA) is 84.9 Å². The van der Waals surface area contributed by atoms with E-state index in [-0.39, 0.29) is 5.57 Å². The number of nitrogens with one attached hydrogen (secondary N) is 1. The fourth-order valence-corrected chi connectivity index (χ4v) is 2.70. The minimum absolute atomic E-state index is 0.151. The number of hydrogen-bond donors (Lipinski definition) is 1. The van der Waals surface area contributed by atoms with E-state index in [1.54, 1.807) is 42.5 Å². The third-order valence-electron chi connectivity index (χ3n) is 4.11. The highest BCUT2D eigenvalue weighted by Gasteiger charge is 2.36. The van der Waals surface area contributed by atoms with E-state index in [1.165, 1.54) is 20.3 Å². The molecule has 0 aliphatic carbocycles. The molecule has 1 heterocycles. The zero-order chi connectivity index (χ0) is 19.6. The van der Waals surface area contributed by atoms with E-state index in [4.69, 9.17) is 9.47 Å². The van der Waals surface area contributed by atoms with Gasteiger partial charge in [0, 0.05) is 0 Å². The first-order chi connectivity index (χ1) is 12.9. The average Bonchev–Trinajstić information content (AvgIpc) is 2.66. The predicted molar refractivity (Wildman–Crippen MR) is 99.7 cm³/mol. The van der Waals surface area contributed by atoms with Crippen molar-refractivity contribution < 1.29 is 23.9 Å². The maximum Gasteiger partial charge on any atom is 0.335 e. The fraction of sp³-hybridized carbons (Fsp3) is 0.150. The summed E-state index contributed by atoms with van der Waals surface area (Å²) in [5.41, 5.74) is 1.78. The molecule has 27 heavy (non-hydrogen) atoms. The molecule has 1 N–H and O–H groups in total. The van der Waals surface area contributed by atoms with Crippen LogP contribution in [0.1, 0.15) is 11.1 Å². The van der Waals surface area contributed by atoms with Crippen molar-refractivity contribution in [2.75, 3.05) is 19.1 Å². The smallest absolute Gasteiger partial charge is 0.335 e. The van der Waals surface area contributed by atoms with Gasteiger partial charge >= 0.3 is 6.03 Å². The number of ether oxygens (including phenoxy) is 2. The van der Waals surface area contributed by atoms with Crippen LogP contribution in [0, 0.1) is 6.92 Å². The van der Waals surface area contributed by atoms with E-state index >= 15 is 0 Å². The Bertz CT molecular complexity index is 947. The number of imide groups is 2. The lowest BCUT2D eigenvalue weighted by molar-refractivity contribution is -0.122. The molecule has 1 fully saturated rings. The summed E-state index contributed by atoms with van der Waals surface area (Å²) in [5.74, 6) is -0.456. The quantitative estimate of drug-likeness (QED) is 0.664. The van der Waals surface area contributed by atoms with Crippen molar-refractivity contribution in [3.05, 3.63) is 59.2 Å². The normalized spacial score (nSPS) is 15.7. The highest BCUT2D eigenvalue weighted by atomic mass is 16.5. The van der Waals surface area contributed by atoms with Gasteiger partial charge in [0.25, 0.3) is 11.8 Å². The lowest BCUT2D eigenvalue weighted by Gasteiger charge is -2.26. The second-order valence-electron chi connectivity index (χ2n) is 5.91. The first-order valence-corrected chi connectivity index (χ1v) is 8.14. The molecule has 1 aliphatic rings. The van der Waals surface area contributed by atoms with E-state index in [2.05, 4.69) is 5.32 Å². The molecule has 7 nitrogen and oxygen atoms in total. The molecule has 0 spiro atoms. The number of urea groups is 1. The molecule has 0 atom stereocenters. The van der Waals surface area contributed by atoms with Crippen molar-refractivity contribution in [3.8, 4) is 11.5 Å². The van der Waals surface area contributed by atoms with Crippen LogP contribution >= 0.6 is 0 Å². The number of nitrogens with zero attached hydrogens (tertiary/aromatic N) is 1. The zero-order valence-corrected chi connectivity index (χ0v) is 15.1. The second-order valence-corrected chi connectivity index (χ2v) is 5.91. The maximum absolute atomic E-state index is 12.8. The number of carbonyl (C=O) groups is 3. The van der Waals surface area contributed by atoms with E-state index < -0.39 is 17.8 Å². The van der Waals surface area contributed by atoms with Crippen LogP contribution in [0.15, 0.2) is 48.0 Å². The highest BCUT2D eigenvalue weighted by molar-refractivity contribution is 6.39. The molecule has 0 saturated carbocycles. The third-order valence-corrected chi connectivity index (χ3v) is 4.11. The first kappa shape index (κ1) is 18.2. The number of aryl methyl sites for hydroxylation is 1. The Morgan fingerprint density at radius 3 is 2.22 bits per heavy atom. The number of benzene rings is 2. The first-order valence-electron chi connectivity index (χ1n) is 8.14. The summed E-state index contributed by atoms with van der Waals surface area (Å²) in [6.45, 7) is 1.90. The van der Waals surface area contributed by atoms with E-state index in [1.807, 2.05) is 6.92 Å². The van der Waals surface area contributed by atoms with Gasteiger partial charge in [-0.15, -0.1) is 0 Å². The van der Waals surface area contributed by atoms with Gasteiger partial charge in [-0.05, 0) is 42.8 Å². The van der Waals surface area contributed by atoms with Crippen LogP contribution in [0.25, 0.3) is 6.08 Å². The van der Waals surface area contributed by atoms with Crippen LogP contribution in [-0.2, 0) is 9.59 Å². The molecular formula is C20H18N2O5. The van der Waals surface area contributed by atoms with Crippen molar-refractivity contribution in [2.45, 2.75) is 6.92 Å². The van der Waals surface area contributed by atoms with Crippen LogP contribution in [0.4, 0.5) is 10.5 Å².